The van der Waals surface area contributed by atoms with Crippen LogP contribution in [0.3, 0.4) is 0 Å². The Hall–Kier alpha value is -1.77. The van der Waals surface area contributed by atoms with Gasteiger partial charge in [-0.1, -0.05) is 6.08 Å². The quantitative estimate of drug-likeness (QED) is 0.537. The summed E-state index contributed by atoms with van der Waals surface area (Å²) in [5, 5.41) is 0. The second-order valence-corrected chi connectivity index (χ2v) is 5.39. The van der Waals surface area contributed by atoms with Crippen molar-refractivity contribution in [1.82, 2.24) is 0 Å². The molecule has 1 rings (SSSR count). The molecule has 3 nitrogen and oxygen atoms in total. The van der Waals surface area contributed by atoms with E-state index in [4.69, 9.17) is 0 Å². The van der Waals surface area contributed by atoms with Crippen LogP contribution in [0.4, 0.5) is 11.4 Å². The maximum Gasteiger partial charge on any atom is 0.121 e. The predicted octanol–water partition coefficient (Wildman–Crippen LogP) is 3.28. The lowest BCUT2D eigenvalue weighted by Gasteiger charge is -2.28. The van der Waals surface area contributed by atoms with Crippen LogP contribution in [-0.2, 0) is 11.2 Å². The first-order chi connectivity index (χ1) is 9.51. The predicted molar refractivity (Wildman–Crippen MR) is 87.8 cm³/mol. The largest absolute Gasteiger partial charge is 0.374 e. The number of benzene rings is 1. The molecule has 20 heavy (non-hydrogen) atoms. The Balaban J connectivity index is 3.05. The van der Waals surface area contributed by atoms with Crippen LogP contribution in [0.2, 0.25) is 0 Å². The first-order valence-electron chi connectivity index (χ1n) is 7.12. The van der Waals surface area contributed by atoms with Gasteiger partial charge in [-0.25, -0.2) is 0 Å². The molecule has 110 valence electrons. The summed E-state index contributed by atoms with van der Waals surface area (Å²) in [6.07, 6.45) is 4.30. The summed E-state index contributed by atoms with van der Waals surface area (Å²) in [6, 6.07) is 6.93. The first-order valence-corrected chi connectivity index (χ1v) is 7.12. The van der Waals surface area contributed by atoms with Gasteiger partial charge < -0.3 is 14.6 Å². The van der Waals surface area contributed by atoms with Gasteiger partial charge in [-0.05, 0) is 44.0 Å². The van der Waals surface area contributed by atoms with Crippen molar-refractivity contribution < 1.29 is 4.79 Å². The highest BCUT2D eigenvalue weighted by atomic mass is 16.1. The smallest absolute Gasteiger partial charge is 0.121 e. The van der Waals surface area contributed by atoms with Gasteiger partial charge in [0.25, 0.3) is 0 Å². The Kier molecular flexibility index (Phi) is 6.29. The monoisotopic (exact) mass is 274 g/mol. The highest BCUT2D eigenvalue weighted by molar-refractivity contribution is 5.63. The number of carbonyl (C=O) groups is 1. The standard InChI is InChI=1S/C17H26N2O/c1-6-8-15-13-16(18(4)11-7-12-20)9-10-17(15)19(5)14(2)3/h6,9-10,12-14H,1,7-8,11H2,2-5H3. The van der Waals surface area contributed by atoms with Crippen molar-refractivity contribution in [3.05, 3.63) is 36.4 Å². The highest BCUT2D eigenvalue weighted by Gasteiger charge is 2.11. The lowest BCUT2D eigenvalue weighted by Crippen LogP contribution is -2.27. The Morgan fingerprint density at radius 1 is 1.30 bits per heavy atom. The van der Waals surface area contributed by atoms with Crippen LogP contribution >= 0.6 is 0 Å². The van der Waals surface area contributed by atoms with Gasteiger partial charge in [0, 0.05) is 44.5 Å². The summed E-state index contributed by atoms with van der Waals surface area (Å²) in [6.45, 7) is 8.96. The maximum absolute atomic E-state index is 10.5. The normalized spacial score (nSPS) is 10.4. The van der Waals surface area contributed by atoms with Crippen LogP contribution in [-0.4, -0.2) is 33.0 Å². The van der Waals surface area contributed by atoms with Crippen LogP contribution < -0.4 is 9.80 Å². The van der Waals surface area contributed by atoms with Crippen molar-refractivity contribution in [3.8, 4) is 0 Å². The third-order valence-corrected chi connectivity index (χ3v) is 3.61. The summed E-state index contributed by atoms with van der Waals surface area (Å²) in [5.41, 5.74) is 3.66. The first kappa shape index (κ1) is 16.3. The van der Waals surface area contributed by atoms with E-state index in [0.29, 0.717) is 12.5 Å². The molecule has 0 spiro atoms. The van der Waals surface area contributed by atoms with Gasteiger partial charge in [0.1, 0.15) is 6.29 Å². The van der Waals surface area contributed by atoms with Crippen LogP contribution in [0.1, 0.15) is 25.8 Å². The molecule has 0 aromatic heterocycles. The van der Waals surface area contributed by atoms with E-state index in [9.17, 15) is 4.79 Å². The molecule has 0 amide bonds. The molecule has 1 aromatic carbocycles. The number of carbonyl (C=O) groups excluding carboxylic acids is 1. The summed E-state index contributed by atoms with van der Waals surface area (Å²) in [4.78, 5) is 14.9. The third-order valence-electron chi connectivity index (χ3n) is 3.61. The van der Waals surface area contributed by atoms with Crippen molar-refractivity contribution in [1.29, 1.82) is 0 Å². The minimum Gasteiger partial charge on any atom is -0.374 e. The van der Waals surface area contributed by atoms with Crippen LogP contribution in [0.25, 0.3) is 0 Å². The zero-order valence-corrected chi connectivity index (χ0v) is 13.1. The summed E-state index contributed by atoms with van der Waals surface area (Å²) < 4.78 is 0. The van der Waals surface area contributed by atoms with Gasteiger partial charge in [-0.2, -0.15) is 0 Å². The van der Waals surface area contributed by atoms with E-state index in [-0.39, 0.29) is 0 Å². The zero-order valence-electron chi connectivity index (χ0n) is 13.1. The van der Waals surface area contributed by atoms with Gasteiger partial charge in [-0.3, -0.25) is 0 Å². The Morgan fingerprint density at radius 2 is 2.00 bits per heavy atom. The van der Waals surface area contributed by atoms with Crippen LogP contribution in [0.15, 0.2) is 30.9 Å². The fraction of sp³-hybridized carbons (Fsp3) is 0.471. The van der Waals surface area contributed by atoms with E-state index in [1.54, 1.807) is 0 Å². The van der Waals surface area contributed by atoms with E-state index in [0.717, 1.165) is 24.9 Å². The summed E-state index contributed by atoms with van der Waals surface area (Å²) in [5.74, 6) is 0. The van der Waals surface area contributed by atoms with Gasteiger partial charge in [0.15, 0.2) is 0 Å². The van der Waals surface area contributed by atoms with Crippen LogP contribution in [0, 0.1) is 0 Å². The maximum atomic E-state index is 10.5. The molecule has 0 saturated heterocycles. The van der Waals surface area contributed by atoms with Gasteiger partial charge in [-0.15, -0.1) is 6.58 Å². The molecule has 0 radical (unpaired) electrons. The molecular formula is C17H26N2O. The molecule has 0 bridgehead atoms. The molecule has 1 aromatic rings. The number of hydrogen-bond donors (Lipinski definition) is 0. The number of anilines is 2. The number of nitrogens with zero attached hydrogens (tertiary/aromatic N) is 2. The van der Waals surface area contributed by atoms with Crippen molar-refractivity contribution in [2.75, 3.05) is 30.4 Å². The average Bonchev–Trinajstić information content (AvgIpc) is 2.44. The molecule has 0 aliphatic heterocycles. The molecule has 0 aliphatic carbocycles. The molecule has 0 N–H and O–H groups in total. The molecular weight excluding hydrogens is 248 g/mol. The van der Waals surface area contributed by atoms with Crippen molar-refractivity contribution in [2.45, 2.75) is 32.7 Å². The lowest BCUT2D eigenvalue weighted by atomic mass is 10.1. The van der Waals surface area contributed by atoms with Gasteiger partial charge >= 0.3 is 0 Å². The summed E-state index contributed by atoms with van der Waals surface area (Å²) in [7, 11) is 4.13. The van der Waals surface area contributed by atoms with E-state index < -0.39 is 0 Å². The van der Waals surface area contributed by atoms with E-state index >= 15 is 0 Å². The van der Waals surface area contributed by atoms with E-state index in [1.807, 2.05) is 13.1 Å². The van der Waals surface area contributed by atoms with Gasteiger partial charge in [0.2, 0.25) is 0 Å². The molecule has 0 unspecified atom stereocenters. The molecule has 0 saturated carbocycles. The minimum atomic E-state index is 0.456. The molecule has 0 fully saturated rings. The fourth-order valence-corrected chi connectivity index (χ4v) is 2.13. The lowest BCUT2D eigenvalue weighted by molar-refractivity contribution is -0.107. The highest BCUT2D eigenvalue weighted by Crippen LogP contribution is 2.27. The van der Waals surface area contributed by atoms with E-state index in [2.05, 4.69) is 55.5 Å². The molecule has 3 heteroatoms. The number of rotatable bonds is 8. The van der Waals surface area contributed by atoms with Crippen molar-refractivity contribution in [2.24, 2.45) is 0 Å². The second kappa shape index (κ2) is 7.73. The zero-order chi connectivity index (χ0) is 15.1. The SMILES string of the molecule is C=CCc1cc(N(C)CCC=O)ccc1N(C)C(C)C. The average molecular weight is 274 g/mol. The second-order valence-electron chi connectivity index (χ2n) is 5.39. The Morgan fingerprint density at radius 3 is 2.55 bits per heavy atom. The van der Waals surface area contributed by atoms with Gasteiger partial charge in [0.05, 0.1) is 0 Å². The Labute approximate surface area is 122 Å². The number of hydrogen-bond acceptors (Lipinski definition) is 3. The number of allylic oxidation sites excluding steroid dienone is 1. The van der Waals surface area contributed by atoms with Crippen LogP contribution in [0.5, 0.6) is 0 Å². The molecule has 0 heterocycles. The summed E-state index contributed by atoms with van der Waals surface area (Å²) >= 11 is 0. The molecule has 0 aliphatic rings. The minimum absolute atomic E-state index is 0.456. The molecule has 0 atom stereocenters. The topological polar surface area (TPSA) is 23.6 Å². The van der Waals surface area contributed by atoms with E-state index in [1.165, 1.54) is 11.3 Å². The van der Waals surface area contributed by atoms with Crippen molar-refractivity contribution in [3.63, 3.8) is 0 Å². The third kappa shape index (κ3) is 4.12. The fourth-order valence-electron chi connectivity index (χ4n) is 2.13. The Bertz CT molecular complexity index is 454. The van der Waals surface area contributed by atoms with Crippen molar-refractivity contribution >= 4 is 17.7 Å². The number of aldehydes is 1.